The van der Waals surface area contributed by atoms with Crippen LogP contribution >= 0.6 is 0 Å². The molecule has 0 aliphatic rings. The lowest BCUT2D eigenvalue weighted by Gasteiger charge is -2.08. The van der Waals surface area contributed by atoms with Gasteiger partial charge in [-0.2, -0.15) is 5.10 Å². The molecule has 3 N–H and O–H groups in total. The Balaban J connectivity index is 2.67. The van der Waals surface area contributed by atoms with Crippen LogP contribution in [-0.4, -0.2) is 21.5 Å². The summed E-state index contributed by atoms with van der Waals surface area (Å²) in [7, 11) is 1.84. The zero-order chi connectivity index (χ0) is 10.1. The SMILES string of the molecule is Cn1nc2ccccc2c1[C@@H](N)CO. The van der Waals surface area contributed by atoms with E-state index < -0.39 is 0 Å². The maximum absolute atomic E-state index is 9.02. The normalized spacial score (nSPS) is 13.4. The van der Waals surface area contributed by atoms with Gasteiger partial charge in [0.2, 0.25) is 0 Å². The number of aliphatic hydroxyl groups is 1. The van der Waals surface area contributed by atoms with Crippen LogP contribution in [0, 0.1) is 0 Å². The zero-order valence-corrected chi connectivity index (χ0v) is 8.01. The topological polar surface area (TPSA) is 64.1 Å². The summed E-state index contributed by atoms with van der Waals surface area (Å²) in [6.45, 7) is -0.0659. The largest absolute Gasteiger partial charge is 0.394 e. The second-order valence-corrected chi connectivity index (χ2v) is 3.32. The fourth-order valence-corrected chi connectivity index (χ4v) is 1.69. The summed E-state index contributed by atoms with van der Waals surface area (Å²) in [5.74, 6) is 0. The van der Waals surface area contributed by atoms with Gasteiger partial charge in [0.15, 0.2) is 0 Å². The quantitative estimate of drug-likeness (QED) is 0.729. The molecule has 0 amide bonds. The number of nitrogens with two attached hydrogens (primary N) is 1. The van der Waals surface area contributed by atoms with Crippen LogP contribution in [0.15, 0.2) is 24.3 Å². The second kappa shape index (κ2) is 3.40. The summed E-state index contributed by atoms with van der Waals surface area (Å²) in [4.78, 5) is 0. The van der Waals surface area contributed by atoms with Crippen LogP contribution in [0.2, 0.25) is 0 Å². The molecule has 2 rings (SSSR count). The monoisotopic (exact) mass is 191 g/mol. The number of benzene rings is 1. The zero-order valence-electron chi connectivity index (χ0n) is 8.01. The van der Waals surface area contributed by atoms with Crippen molar-refractivity contribution in [3.8, 4) is 0 Å². The molecule has 2 aromatic rings. The predicted molar refractivity (Wildman–Crippen MR) is 54.7 cm³/mol. The first-order chi connectivity index (χ1) is 6.74. The van der Waals surface area contributed by atoms with E-state index in [0.29, 0.717) is 0 Å². The van der Waals surface area contributed by atoms with Crippen molar-refractivity contribution in [1.29, 1.82) is 0 Å². The first-order valence-corrected chi connectivity index (χ1v) is 4.52. The minimum Gasteiger partial charge on any atom is -0.394 e. The van der Waals surface area contributed by atoms with E-state index in [1.807, 2.05) is 31.3 Å². The summed E-state index contributed by atoms with van der Waals surface area (Å²) < 4.78 is 1.73. The van der Waals surface area contributed by atoms with Gasteiger partial charge in [-0.25, -0.2) is 0 Å². The van der Waals surface area contributed by atoms with Gasteiger partial charge in [-0.1, -0.05) is 18.2 Å². The van der Waals surface area contributed by atoms with E-state index in [1.54, 1.807) is 4.68 Å². The summed E-state index contributed by atoms with van der Waals surface area (Å²) in [5.41, 5.74) is 7.58. The molecule has 14 heavy (non-hydrogen) atoms. The maximum atomic E-state index is 9.02. The third kappa shape index (κ3) is 1.29. The fourth-order valence-electron chi connectivity index (χ4n) is 1.69. The Hall–Kier alpha value is -1.39. The number of rotatable bonds is 2. The van der Waals surface area contributed by atoms with Gasteiger partial charge in [-0.05, 0) is 6.07 Å². The van der Waals surface area contributed by atoms with Crippen molar-refractivity contribution in [2.24, 2.45) is 12.8 Å². The average Bonchev–Trinajstić information content (AvgIpc) is 2.53. The first-order valence-electron chi connectivity index (χ1n) is 4.52. The van der Waals surface area contributed by atoms with Crippen molar-refractivity contribution in [3.05, 3.63) is 30.0 Å². The third-order valence-corrected chi connectivity index (χ3v) is 2.33. The van der Waals surface area contributed by atoms with E-state index in [4.69, 9.17) is 10.8 Å². The molecule has 4 heteroatoms. The van der Waals surface area contributed by atoms with Gasteiger partial charge < -0.3 is 10.8 Å². The van der Waals surface area contributed by atoms with E-state index in [2.05, 4.69) is 5.10 Å². The van der Waals surface area contributed by atoms with Crippen molar-refractivity contribution in [2.45, 2.75) is 6.04 Å². The molecule has 4 nitrogen and oxygen atoms in total. The Morgan fingerprint density at radius 2 is 2.21 bits per heavy atom. The molecule has 0 saturated heterocycles. The van der Waals surface area contributed by atoms with E-state index >= 15 is 0 Å². The maximum Gasteiger partial charge on any atom is 0.0926 e. The van der Waals surface area contributed by atoms with E-state index in [1.165, 1.54) is 0 Å². The van der Waals surface area contributed by atoms with Gasteiger partial charge in [0.25, 0.3) is 0 Å². The number of aliphatic hydroxyl groups excluding tert-OH is 1. The van der Waals surface area contributed by atoms with Crippen molar-refractivity contribution in [3.63, 3.8) is 0 Å². The molecule has 74 valence electrons. The Morgan fingerprint density at radius 1 is 1.50 bits per heavy atom. The molecule has 0 unspecified atom stereocenters. The summed E-state index contributed by atoms with van der Waals surface area (Å²) in [6, 6.07) is 7.41. The third-order valence-electron chi connectivity index (χ3n) is 2.33. The van der Waals surface area contributed by atoms with E-state index in [-0.39, 0.29) is 12.6 Å². The van der Waals surface area contributed by atoms with Crippen LogP contribution in [0.5, 0.6) is 0 Å². The minimum absolute atomic E-state index is 0.0659. The number of aryl methyl sites for hydroxylation is 1. The molecule has 0 saturated carbocycles. The number of aromatic nitrogens is 2. The highest BCUT2D eigenvalue weighted by molar-refractivity contribution is 5.81. The lowest BCUT2D eigenvalue weighted by Crippen LogP contribution is -2.18. The predicted octanol–water partition coefficient (Wildman–Crippen LogP) is 0.565. The Kier molecular flexibility index (Phi) is 2.23. The fraction of sp³-hybridized carbons (Fsp3) is 0.300. The molecule has 1 atom stereocenters. The summed E-state index contributed by atoms with van der Waals surface area (Å²) in [5, 5.41) is 14.3. The lowest BCUT2D eigenvalue weighted by molar-refractivity contribution is 0.264. The van der Waals surface area contributed by atoms with Gasteiger partial charge in [0.1, 0.15) is 0 Å². The molecule has 0 aliphatic carbocycles. The minimum atomic E-state index is -0.368. The van der Waals surface area contributed by atoms with E-state index in [9.17, 15) is 0 Å². The molecule has 1 aromatic heterocycles. The molecular weight excluding hydrogens is 178 g/mol. The Labute approximate surface area is 81.9 Å². The van der Waals surface area contributed by atoms with Gasteiger partial charge in [-0.15, -0.1) is 0 Å². The van der Waals surface area contributed by atoms with E-state index in [0.717, 1.165) is 16.6 Å². The van der Waals surface area contributed by atoms with Crippen LogP contribution in [-0.2, 0) is 7.05 Å². The highest BCUT2D eigenvalue weighted by atomic mass is 16.3. The molecule has 0 aliphatic heterocycles. The van der Waals surface area contributed by atoms with Crippen molar-refractivity contribution < 1.29 is 5.11 Å². The molecular formula is C10H13N3O. The van der Waals surface area contributed by atoms with Crippen molar-refractivity contribution in [1.82, 2.24) is 9.78 Å². The van der Waals surface area contributed by atoms with Crippen molar-refractivity contribution >= 4 is 10.9 Å². The highest BCUT2D eigenvalue weighted by Crippen LogP contribution is 2.21. The molecule has 0 radical (unpaired) electrons. The van der Waals surface area contributed by atoms with Crippen LogP contribution in [0.1, 0.15) is 11.7 Å². The summed E-state index contributed by atoms with van der Waals surface area (Å²) >= 11 is 0. The number of hydrogen-bond donors (Lipinski definition) is 2. The standard InChI is InChI=1S/C10H13N3O/c1-13-10(8(11)6-14)7-4-2-3-5-9(7)12-13/h2-5,8,14H,6,11H2,1H3/t8-/m0/s1. The van der Waals surface area contributed by atoms with Crippen LogP contribution in [0.4, 0.5) is 0 Å². The molecule has 0 spiro atoms. The van der Waals surface area contributed by atoms with Crippen LogP contribution < -0.4 is 5.73 Å². The molecule has 1 heterocycles. The number of nitrogens with zero attached hydrogens (tertiary/aromatic N) is 2. The molecule has 0 fully saturated rings. The van der Waals surface area contributed by atoms with Gasteiger partial charge in [0.05, 0.1) is 23.9 Å². The second-order valence-electron chi connectivity index (χ2n) is 3.32. The number of hydrogen-bond acceptors (Lipinski definition) is 3. The number of fused-ring (bicyclic) bond motifs is 1. The first kappa shape index (κ1) is 9.18. The molecule has 1 aromatic carbocycles. The van der Waals surface area contributed by atoms with Gasteiger partial charge in [-0.3, -0.25) is 4.68 Å². The van der Waals surface area contributed by atoms with Gasteiger partial charge in [0, 0.05) is 12.4 Å². The van der Waals surface area contributed by atoms with Crippen molar-refractivity contribution in [2.75, 3.05) is 6.61 Å². The summed E-state index contributed by atoms with van der Waals surface area (Å²) in [6.07, 6.45) is 0. The Bertz CT molecular complexity index is 450. The van der Waals surface area contributed by atoms with Crippen LogP contribution in [0.25, 0.3) is 10.9 Å². The highest BCUT2D eigenvalue weighted by Gasteiger charge is 2.14. The lowest BCUT2D eigenvalue weighted by atomic mass is 10.1. The molecule has 0 bridgehead atoms. The Morgan fingerprint density at radius 3 is 2.93 bits per heavy atom. The van der Waals surface area contributed by atoms with Gasteiger partial charge >= 0.3 is 0 Å². The average molecular weight is 191 g/mol. The van der Waals surface area contributed by atoms with Crippen LogP contribution in [0.3, 0.4) is 0 Å². The smallest absolute Gasteiger partial charge is 0.0926 e.